The Hall–Kier alpha value is -1.85. The van der Waals surface area contributed by atoms with Gasteiger partial charge in [-0.15, -0.1) is 0 Å². The molecular weight excluding hydrogens is 226 g/mol. The lowest BCUT2D eigenvalue weighted by Gasteiger charge is -2.07. The molecule has 1 rings (SSSR count). The molecule has 0 saturated carbocycles. The Morgan fingerprint density at radius 1 is 1.19 bits per heavy atom. The predicted molar refractivity (Wildman–Crippen MR) is 49.7 cm³/mol. The van der Waals surface area contributed by atoms with Gasteiger partial charge in [0.25, 0.3) is 5.91 Å². The second-order valence-corrected chi connectivity index (χ2v) is 3.08. The molecule has 1 N–H and O–H groups in total. The second-order valence-electron chi connectivity index (χ2n) is 3.08. The zero-order chi connectivity index (χ0) is 12.5. The van der Waals surface area contributed by atoms with E-state index in [0.717, 1.165) is 0 Å². The summed E-state index contributed by atoms with van der Waals surface area (Å²) in [5.74, 6) is -7.96. The molecule has 0 aromatic heterocycles. The average Bonchev–Trinajstić information content (AvgIpc) is 2.22. The Balaban J connectivity index is 3.16. The van der Waals surface area contributed by atoms with Crippen LogP contribution >= 0.6 is 0 Å². The number of rotatable bonds is 2. The smallest absolute Gasteiger partial charge is 0.250 e. The van der Waals surface area contributed by atoms with Crippen molar-refractivity contribution in [1.82, 2.24) is 0 Å². The lowest BCUT2D eigenvalue weighted by Crippen LogP contribution is -2.14. The van der Waals surface area contributed by atoms with E-state index in [0.29, 0.717) is 6.07 Å². The van der Waals surface area contributed by atoms with Crippen molar-refractivity contribution in [2.75, 3.05) is 5.32 Å². The van der Waals surface area contributed by atoms with E-state index in [-0.39, 0.29) is 5.57 Å². The normalized spacial score (nSPS) is 10.1. The molecule has 0 unspecified atom stereocenters. The third kappa shape index (κ3) is 2.21. The summed E-state index contributed by atoms with van der Waals surface area (Å²) >= 11 is 0. The molecular formula is C10H7F4NO. The lowest BCUT2D eigenvalue weighted by molar-refractivity contribution is -0.112. The molecule has 6 heteroatoms. The van der Waals surface area contributed by atoms with Crippen LogP contribution in [0.2, 0.25) is 0 Å². The van der Waals surface area contributed by atoms with E-state index in [2.05, 4.69) is 6.58 Å². The van der Waals surface area contributed by atoms with Gasteiger partial charge in [-0.3, -0.25) is 4.79 Å². The monoisotopic (exact) mass is 233 g/mol. The van der Waals surface area contributed by atoms with Crippen LogP contribution in [0, 0.1) is 23.3 Å². The first-order valence-electron chi connectivity index (χ1n) is 4.14. The van der Waals surface area contributed by atoms with Gasteiger partial charge in [-0.05, 0) is 6.92 Å². The number of halogens is 4. The third-order valence-electron chi connectivity index (χ3n) is 1.74. The molecule has 16 heavy (non-hydrogen) atoms. The first kappa shape index (κ1) is 12.2. The number of hydrogen-bond donors (Lipinski definition) is 1. The standard InChI is InChI=1S/C10H7F4NO/c1-4(2)10(16)15-6-3-5(11)7(12)9(14)8(6)13/h3H,1H2,2H3,(H,15,16). The molecule has 1 aromatic carbocycles. The fourth-order valence-corrected chi connectivity index (χ4v) is 0.893. The van der Waals surface area contributed by atoms with Gasteiger partial charge in [0.2, 0.25) is 0 Å². The molecule has 0 aliphatic carbocycles. The van der Waals surface area contributed by atoms with Crippen molar-refractivity contribution in [2.45, 2.75) is 6.92 Å². The maximum Gasteiger partial charge on any atom is 0.250 e. The summed E-state index contributed by atoms with van der Waals surface area (Å²) in [6, 6.07) is 0.356. The molecule has 0 spiro atoms. The second kappa shape index (κ2) is 4.34. The van der Waals surface area contributed by atoms with Crippen molar-refractivity contribution in [3.8, 4) is 0 Å². The van der Waals surface area contributed by atoms with Gasteiger partial charge in [-0.25, -0.2) is 17.6 Å². The van der Waals surface area contributed by atoms with Crippen molar-refractivity contribution in [3.63, 3.8) is 0 Å². The van der Waals surface area contributed by atoms with Crippen molar-refractivity contribution in [1.29, 1.82) is 0 Å². The van der Waals surface area contributed by atoms with Crippen molar-refractivity contribution < 1.29 is 22.4 Å². The zero-order valence-electron chi connectivity index (χ0n) is 8.20. The van der Waals surface area contributed by atoms with Crippen molar-refractivity contribution in [2.24, 2.45) is 0 Å². The molecule has 0 radical (unpaired) electrons. The van der Waals surface area contributed by atoms with Crippen LogP contribution in [0.15, 0.2) is 18.2 Å². The summed E-state index contributed by atoms with van der Waals surface area (Å²) in [5.41, 5.74) is -0.756. The van der Waals surface area contributed by atoms with E-state index in [4.69, 9.17) is 0 Å². The molecule has 1 aromatic rings. The van der Waals surface area contributed by atoms with Gasteiger partial charge >= 0.3 is 0 Å². The molecule has 0 aliphatic heterocycles. The molecule has 0 bridgehead atoms. The van der Waals surface area contributed by atoms with Crippen LogP contribution in [-0.4, -0.2) is 5.91 Å². The van der Waals surface area contributed by atoms with Gasteiger partial charge in [-0.2, -0.15) is 0 Å². The van der Waals surface area contributed by atoms with Gasteiger partial charge in [0, 0.05) is 11.6 Å². The minimum Gasteiger partial charge on any atom is -0.320 e. The molecule has 0 heterocycles. The van der Waals surface area contributed by atoms with Crippen LogP contribution in [-0.2, 0) is 4.79 Å². The van der Waals surface area contributed by atoms with Crippen molar-refractivity contribution >= 4 is 11.6 Å². The van der Waals surface area contributed by atoms with Crippen LogP contribution < -0.4 is 5.32 Å². The number of carbonyl (C=O) groups is 1. The Morgan fingerprint density at radius 2 is 1.75 bits per heavy atom. The summed E-state index contributed by atoms with van der Waals surface area (Å²) in [4.78, 5) is 11.1. The quantitative estimate of drug-likeness (QED) is 0.362. The highest BCUT2D eigenvalue weighted by Gasteiger charge is 2.19. The number of anilines is 1. The first-order valence-corrected chi connectivity index (χ1v) is 4.14. The van der Waals surface area contributed by atoms with Crippen LogP contribution in [0.3, 0.4) is 0 Å². The molecule has 86 valence electrons. The number of carbonyl (C=O) groups excluding carboxylic acids is 1. The van der Waals surface area contributed by atoms with E-state index in [1.54, 1.807) is 0 Å². The SMILES string of the molecule is C=C(C)C(=O)Nc1cc(F)c(F)c(F)c1F. The highest BCUT2D eigenvalue weighted by atomic mass is 19.2. The van der Waals surface area contributed by atoms with E-state index >= 15 is 0 Å². The number of hydrogen-bond acceptors (Lipinski definition) is 1. The summed E-state index contributed by atoms with van der Waals surface area (Å²) in [6.07, 6.45) is 0. The molecule has 2 nitrogen and oxygen atoms in total. The zero-order valence-corrected chi connectivity index (χ0v) is 8.20. The Morgan fingerprint density at radius 3 is 2.25 bits per heavy atom. The number of benzene rings is 1. The Labute approximate surface area is 88.6 Å². The Bertz CT molecular complexity index is 470. The van der Waals surface area contributed by atoms with E-state index in [9.17, 15) is 22.4 Å². The van der Waals surface area contributed by atoms with Gasteiger partial charge in [0.05, 0.1) is 5.69 Å². The molecule has 1 amide bonds. The molecule has 0 aliphatic rings. The van der Waals surface area contributed by atoms with E-state index in [1.165, 1.54) is 6.92 Å². The largest absolute Gasteiger partial charge is 0.320 e. The lowest BCUT2D eigenvalue weighted by atomic mass is 10.2. The first-order chi connectivity index (χ1) is 7.34. The van der Waals surface area contributed by atoms with Crippen LogP contribution in [0.1, 0.15) is 6.92 Å². The summed E-state index contributed by atoms with van der Waals surface area (Å²) in [7, 11) is 0. The van der Waals surface area contributed by atoms with Crippen LogP contribution in [0.5, 0.6) is 0 Å². The van der Waals surface area contributed by atoms with Crippen LogP contribution in [0.25, 0.3) is 0 Å². The van der Waals surface area contributed by atoms with E-state index < -0.39 is 34.9 Å². The molecule has 0 fully saturated rings. The van der Waals surface area contributed by atoms with Gasteiger partial charge < -0.3 is 5.32 Å². The summed E-state index contributed by atoms with van der Waals surface area (Å²) < 4.78 is 51.0. The molecule has 0 saturated heterocycles. The maximum atomic E-state index is 13.0. The number of amides is 1. The van der Waals surface area contributed by atoms with Gasteiger partial charge in [0.1, 0.15) is 0 Å². The van der Waals surface area contributed by atoms with Crippen molar-refractivity contribution in [3.05, 3.63) is 41.5 Å². The Kier molecular flexibility index (Phi) is 3.31. The highest BCUT2D eigenvalue weighted by molar-refractivity contribution is 6.02. The highest BCUT2D eigenvalue weighted by Crippen LogP contribution is 2.22. The topological polar surface area (TPSA) is 29.1 Å². The van der Waals surface area contributed by atoms with E-state index in [1.807, 2.05) is 5.32 Å². The summed E-state index contributed by atoms with van der Waals surface area (Å²) in [5, 5.41) is 1.86. The average molecular weight is 233 g/mol. The fraction of sp³-hybridized carbons (Fsp3) is 0.100. The van der Waals surface area contributed by atoms with Gasteiger partial charge in [-0.1, -0.05) is 6.58 Å². The maximum absolute atomic E-state index is 13.0. The fourth-order valence-electron chi connectivity index (χ4n) is 0.893. The third-order valence-corrected chi connectivity index (χ3v) is 1.74. The summed E-state index contributed by atoms with van der Waals surface area (Å²) in [6.45, 7) is 4.57. The van der Waals surface area contributed by atoms with Gasteiger partial charge in [0.15, 0.2) is 23.3 Å². The molecule has 0 atom stereocenters. The van der Waals surface area contributed by atoms with Crippen LogP contribution in [0.4, 0.5) is 23.2 Å². The minimum atomic E-state index is -1.97. The predicted octanol–water partition coefficient (Wildman–Crippen LogP) is 2.76. The number of nitrogens with one attached hydrogen (secondary N) is 1. The minimum absolute atomic E-state index is 0.0181.